The van der Waals surface area contributed by atoms with Crippen LogP contribution in [0, 0.1) is 0 Å². The summed E-state index contributed by atoms with van der Waals surface area (Å²) in [5.41, 5.74) is 1.61. The molecule has 0 aliphatic rings. The van der Waals surface area contributed by atoms with E-state index in [9.17, 15) is 4.79 Å². The van der Waals surface area contributed by atoms with Gasteiger partial charge in [-0.15, -0.1) is 11.8 Å². The Bertz CT molecular complexity index is 1010. The molecule has 3 aromatic rings. The van der Waals surface area contributed by atoms with Gasteiger partial charge in [0.05, 0.1) is 23.9 Å². The molecule has 0 saturated heterocycles. The summed E-state index contributed by atoms with van der Waals surface area (Å²) in [4.78, 5) is 18.8. The fourth-order valence-electron chi connectivity index (χ4n) is 2.69. The van der Waals surface area contributed by atoms with Crippen molar-refractivity contribution >= 4 is 39.2 Å². The van der Waals surface area contributed by atoms with Gasteiger partial charge in [-0.2, -0.15) is 4.99 Å². The van der Waals surface area contributed by atoms with Crippen molar-refractivity contribution in [3.8, 4) is 5.75 Å². The van der Waals surface area contributed by atoms with E-state index < -0.39 is 0 Å². The molecule has 1 heterocycles. The fraction of sp³-hybridized carbons (Fsp3) is 0.300. The SMILES string of the molecule is CCOCCn1c(=NC(=O)c2cccc(SC)c2)sc2cc(OC)ccc21. The molecular formula is C20H22N2O3S2. The minimum atomic E-state index is -0.241. The minimum Gasteiger partial charge on any atom is -0.497 e. The Morgan fingerprint density at radius 3 is 2.85 bits per heavy atom. The smallest absolute Gasteiger partial charge is 0.279 e. The lowest BCUT2D eigenvalue weighted by Gasteiger charge is -2.06. The van der Waals surface area contributed by atoms with Crippen LogP contribution in [0.3, 0.4) is 0 Å². The highest BCUT2D eigenvalue weighted by Crippen LogP contribution is 2.23. The summed E-state index contributed by atoms with van der Waals surface area (Å²) < 4.78 is 13.9. The predicted molar refractivity (Wildman–Crippen MR) is 111 cm³/mol. The molecule has 1 amide bonds. The van der Waals surface area contributed by atoms with Crippen molar-refractivity contribution in [1.82, 2.24) is 4.57 Å². The topological polar surface area (TPSA) is 52.8 Å². The molecule has 0 atom stereocenters. The zero-order valence-electron chi connectivity index (χ0n) is 15.6. The first kappa shape index (κ1) is 19.7. The number of hydrogen-bond acceptors (Lipinski definition) is 5. The van der Waals surface area contributed by atoms with Crippen molar-refractivity contribution in [2.75, 3.05) is 26.6 Å². The first-order valence-electron chi connectivity index (χ1n) is 8.64. The van der Waals surface area contributed by atoms with Gasteiger partial charge in [0.2, 0.25) is 0 Å². The highest BCUT2D eigenvalue weighted by molar-refractivity contribution is 7.98. The second-order valence-corrected chi connectivity index (χ2v) is 7.60. The zero-order chi connectivity index (χ0) is 19.2. The maximum absolute atomic E-state index is 12.7. The van der Waals surface area contributed by atoms with E-state index in [0.717, 1.165) is 20.9 Å². The van der Waals surface area contributed by atoms with Gasteiger partial charge >= 0.3 is 0 Å². The number of amides is 1. The highest BCUT2D eigenvalue weighted by Gasteiger charge is 2.11. The van der Waals surface area contributed by atoms with E-state index in [2.05, 4.69) is 4.99 Å². The van der Waals surface area contributed by atoms with Gasteiger partial charge in [-0.25, -0.2) is 0 Å². The summed E-state index contributed by atoms with van der Waals surface area (Å²) in [6.07, 6.45) is 1.99. The average Bonchev–Trinajstić information content (AvgIpc) is 3.04. The quantitative estimate of drug-likeness (QED) is 0.439. The first-order valence-corrected chi connectivity index (χ1v) is 10.7. The largest absolute Gasteiger partial charge is 0.497 e. The predicted octanol–water partition coefficient (Wildman–Crippen LogP) is 4.21. The summed E-state index contributed by atoms with van der Waals surface area (Å²) in [6.45, 7) is 3.83. The lowest BCUT2D eigenvalue weighted by atomic mass is 10.2. The number of nitrogens with zero attached hydrogens (tertiary/aromatic N) is 2. The van der Waals surface area contributed by atoms with Gasteiger partial charge in [-0.1, -0.05) is 17.4 Å². The Labute approximate surface area is 166 Å². The van der Waals surface area contributed by atoms with Crippen LogP contribution in [0.4, 0.5) is 0 Å². The van der Waals surface area contributed by atoms with E-state index >= 15 is 0 Å². The number of aromatic nitrogens is 1. The number of thiazole rings is 1. The van der Waals surface area contributed by atoms with Gasteiger partial charge < -0.3 is 14.0 Å². The number of hydrogen-bond donors (Lipinski definition) is 0. The number of carbonyl (C=O) groups is 1. The van der Waals surface area contributed by atoms with E-state index in [0.29, 0.717) is 30.1 Å². The molecule has 27 heavy (non-hydrogen) atoms. The molecule has 0 N–H and O–H groups in total. The Kier molecular flexibility index (Phi) is 6.71. The van der Waals surface area contributed by atoms with E-state index in [1.165, 1.54) is 11.3 Å². The van der Waals surface area contributed by atoms with E-state index in [-0.39, 0.29) is 5.91 Å². The van der Waals surface area contributed by atoms with Crippen molar-refractivity contribution in [3.05, 3.63) is 52.8 Å². The van der Waals surface area contributed by atoms with Gasteiger partial charge in [0.1, 0.15) is 5.75 Å². The second-order valence-electron chi connectivity index (χ2n) is 5.72. The third-order valence-corrected chi connectivity index (χ3v) is 5.83. The summed E-state index contributed by atoms with van der Waals surface area (Å²) in [6, 6.07) is 13.4. The number of methoxy groups -OCH3 is 1. The Morgan fingerprint density at radius 1 is 1.26 bits per heavy atom. The van der Waals surface area contributed by atoms with Crippen LogP contribution in [0.5, 0.6) is 5.75 Å². The first-order chi connectivity index (χ1) is 13.2. The monoisotopic (exact) mass is 402 g/mol. The van der Waals surface area contributed by atoms with Gasteiger partial charge in [-0.3, -0.25) is 4.79 Å². The van der Waals surface area contributed by atoms with Crippen LogP contribution in [-0.2, 0) is 11.3 Å². The molecule has 7 heteroatoms. The van der Waals surface area contributed by atoms with Crippen LogP contribution in [-0.4, -0.2) is 37.1 Å². The van der Waals surface area contributed by atoms with E-state index in [1.807, 2.05) is 54.1 Å². The summed E-state index contributed by atoms with van der Waals surface area (Å²) >= 11 is 3.08. The fourth-order valence-corrected chi connectivity index (χ4v) is 4.23. The molecule has 0 unspecified atom stereocenters. The molecule has 0 bridgehead atoms. The number of benzene rings is 2. The van der Waals surface area contributed by atoms with Gasteiger partial charge in [0.25, 0.3) is 5.91 Å². The van der Waals surface area contributed by atoms with Crippen LogP contribution >= 0.6 is 23.1 Å². The number of ether oxygens (including phenoxy) is 2. The molecule has 0 fully saturated rings. The molecule has 0 spiro atoms. The average molecular weight is 403 g/mol. The maximum atomic E-state index is 12.7. The number of rotatable bonds is 7. The molecule has 3 rings (SSSR count). The number of carbonyl (C=O) groups excluding carboxylic acids is 1. The zero-order valence-corrected chi connectivity index (χ0v) is 17.2. The number of thioether (sulfide) groups is 1. The normalized spacial score (nSPS) is 11.9. The van der Waals surface area contributed by atoms with Crippen molar-refractivity contribution in [3.63, 3.8) is 0 Å². The van der Waals surface area contributed by atoms with Crippen molar-refractivity contribution < 1.29 is 14.3 Å². The molecule has 5 nitrogen and oxygen atoms in total. The third-order valence-electron chi connectivity index (χ3n) is 4.07. The number of fused-ring (bicyclic) bond motifs is 1. The van der Waals surface area contributed by atoms with Gasteiger partial charge in [0, 0.05) is 23.6 Å². The summed E-state index contributed by atoms with van der Waals surface area (Å²) in [5.74, 6) is 0.542. The Morgan fingerprint density at radius 2 is 2.11 bits per heavy atom. The van der Waals surface area contributed by atoms with Crippen LogP contribution in [0.25, 0.3) is 10.2 Å². The van der Waals surface area contributed by atoms with Gasteiger partial charge in [-0.05, 0) is 49.6 Å². The van der Waals surface area contributed by atoms with Crippen LogP contribution < -0.4 is 9.54 Å². The van der Waals surface area contributed by atoms with E-state index in [4.69, 9.17) is 9.47 Å². The Hall–Kier alpha value is -2.09. The van der Waals surface area contributed by atoms with Crippen LogP contribution in [0.2, 0.25) is 0 Å². The molecule has 0 radical (unpaired) electrons. The van der Waals surface area contributed by atoms with Crippen molar-refractivity contribution in [2.45, 2.75) is 18.4 Å². The Balaban J connectivity index is 2.05. The van der Waals surface area contributed by atoms with Crippen molar-refractivity contribution in [1.29, 1.82) is 0 Å². The lowest BCUT2D eigenvalue weighted by Crippen LogP contribution is -2.19. The summed E-state index contributed by atoms with van der Waals surface area (Å²) in [5, 5.41) is 0. The molecule has 0 aliphatic heterocycles. The van der Waals surface area contributed by atoms with Gasteiger partial charge in [0.15, 0.2) is 4.80 Å². The molecule has 2 aromatic carbocycles. The highest BCUT2D eigenvalue weighted by atomic mass is 32.2. The molecule has 1 aromatic heterocycles. The molecular weight excluding hydrogens is 380 g/mol. The minimum absolute atomic E-state index is 0.241. The standard InChI is InChI=1S/C20H22N2O3S2/c1-4-25-11-10-22-17-9-8-15(24-2)13-18(17)27-20(22)21-19(23)14-6-5-7-16(12-14)26-3/h5-9,12-13H,4,10-11H2,1-3H3. The molecule has 142 valence electrons. The lowest BCUT2D eigenvalue weighted by molar-refractivity contribution is 0.0996. The summed E-state index contributed by atoms with van der Waals surface area (Å²) in [7, 11) is 1.64. The third kappa shape index (κ3) is 4.61. The van der Waals surface area contributed by atoms with Crippen LogP contribution in [0.15, 0.2) is 52.4 Å². The molecule has 0 aliphatic carbocycles. The van der Waals surface area contributed by atoms with Crippen LogP contribution in [0.1, 0.15) is 17.3 Å². The maximum Gasteiger partial charge on any atom is 0.279 e. The van der Waals surface area contributed by atoms with Crippen molar-refractivity contribution in [2.24, 2.45) is 4.99 Å². The van der Waals surface area contributed by atoms with E-state index in [1.54, 1.807) is 24.9 Å². The molecule has 0 saturated carbocycles. The second kappa shape index (κ2) is 9.21.